The number of hydrogen-bond acceptors (Lipinski definition) is 1. The molecule has 3 nitrogen and oxygen atoms in total. The first-order valence-corrected chi connectivity index (χ1v) is 10.1. The minimum atomic E-state index is -0.0173. The molecule has 0 unspecified atom stereocenters. The second-order valence-electron chi connectivity index (χ2n) is 9.50. The van der Waals surface area contributed by atoms with Crippen molar-refractivity contribution in [2.24, 2.45) is 17.8 Å². The van der Waals surface area contributed by atoms with Crippen molar-refractivity contribution in [3.8, 4) is 0 Å². The molecule has 1 amide bonds. The average Bonchev–Trinajstić information content (AvgIpc) is 2.48. The molecule has 5 rings (SSSR count). The summed E-state index contributed by atoms with van der Waals surface area (Å²) < 4.78 is 0. The highest BCUT2D eigenvalue weighted by molar-refractivity contribution is 5.95. The van der Waals surface area contributed by atoms with E-state index in [1.54, 1.807) is 0 Å². The third-order valence-corrected chi connectivity index (χ3v) is 7.03. The predicted molar refractivity (Wildman–Crippen MR) is 102 cm³/mol. The Morgan fingerprint density at radius 3 is 2.00 bits per heavy atom. The van der Waals surface area contributed by atoms with Gasteiger partial charge in [0.2, 0.25) is 0 Å². The molecule has 1 aromatic rings. The monoisotopic (exact) mass is 341 g/mol. The highest BCUT2D eigenvalue weighted by Gasteiger charge is 2.54. The molecule has 136 valence electrons. The second kappa shape index (κ2) is 6.12. The largest absolute Gasteiger partial charge is 0.331 e. The summed E-state index contributed by atoms with van der Waals surface area (Å²) in [5.74, 6) is 2.95. The number of benzene rings is 1. The topological polar surface area (TPSA) is 45.7 Å². The Hall–Kier alpha value is -1.35. The van der Waals surface area contributed by atoms with Gasteiger partial charge in [0.25, 0.3) is 5.91 Å². The standard InChI is InChI=1S/C22H32N2O/c1-13-5-14(2)20(15(3)6-13)23-21(25)16(4)24-22-10-17-7-18(11-22)9-19(8-17)12-22/h5-6,16-19,24H,7-12H2,1-4H3,(H,23,25)/p+1/t16-,17?,18?,19?,22?/m0/s1. The van der Waals surface area contributed by atoms with E-state index in [4.69, 9.17) is 0 Å². The maximum atomic E-state index is 12.9. The van der Waals surface area contributed by atoms with E-state index in [2.05, 4.69) is 50.5 Å². The first-order chi connectivity index (χ1) is 11.8. The van der Waals surface area contributed by atoms with Crippen molar-refractivity contribution in [1.82, 2.24) is 0 Å². The molecule has 4 fully saturated rings. The number of carbonyl (C=O) groups is 1. The fourth-order valence-electron chi connectivity index (χ4n) is 6.60. The molecule has 0 aliphatic heterocycles. The van der Waals surface area contributed by atoms with Crippen LogP contribution in [0.4, 0.5) is 5.69 Å². The summed E-state index contributed by atoms with van der Waals surface area (Å²) in [6.07, 6.45) is 8.36. The first-order valence-electron chi connectivity index (χ1n) is 10.1. The molecule has 3 N–H and O–H groups in total. The van der Waals surface area contributed by atoms with Crippen LogP contribution in [0.15, 0.2) is 12.1 Å². The summed E-state index contributed by atoms with van der Waals surface area (Å²) in [6, 6.07) is 4.28. The quantitative estimate of drug-likeness (QED) is 0.865. The maximum Gasteiger partial charge on any atom is 0.282 e. The number of anilines is 1. The van der Waals surface area contributed by atoms with Crippen molar-refractivity contribution >= 4 is 11.6 Å². The molecule has 4 aliphatic carbocycles. The van der Waals surface area contributed by atoms with Gasteiger partial charge < -0.3 is 10.6 Å². The molecule has 4 aliphatic rings. The van der Waals surface area contributed by atoms with Gasteiger partial charge in [-0.25, -0.2) is 0 Å². The van der Waals surface area contributed by atoms with Gasteiger partial charge in [-0.1, -0.05) is 17.7 Å². The molecule has 4 bridgehead atoms. The van der Waals surface area contributed by atoms with Gasteiger partial charge in [-0.2, -0.15) is 0 Å². The number of aryl methyl sites for hydroxylation is 3. The van der Waals surface area contributed by atoms with Gasteiger partial charge in [-0.15, -0.1) is 0 Å². The zero-order valence-electron chi connectivity index (χ0n) is 16.2. The van der Waals surface area contributed by atoms with Crippen LogP contribution in [0.3, 0.4) is 0 Å². The zero-order valence-corrected chi connectivity index (χ0v) is 16.2. The van der Waals surface area contributed by atoms with Gasteiger partial charge in [0.05, 0.1) is 5.54 Å². The number of rotatable bonds is 4. The molecule has 0 radical (unpaired) electrons. The number of carbonyl (C=O) groups excluding carboxylic acids is 1. The summed E-state index contributed by atoms with van der Waals surface area (Å²) in [5.41, 5.74) is 4.92. The minimum absolute atomic E-state index is 0.0173. The Kier molecular flexibility index (Phi) is 4.18. The molecule has 3 heteroatoms. The summed E-state index contributed by atoms with van der Waals surface area (Å²) >= 11 is 0. The van der Waals surface area contributed by atoms with Crippen molar-refractivity contribution in [3.05, 3.63) is 28.8 Å². The second-order valence-corrected chi connectivity index (χ2v) is 9.50. The van der Waals surface area contributed by atoms with Crippen LogP contribution < -0.4 is 10.6 Å². The molecule has 1 aromatic carbocycles. The lowest BCUT2D eigenvalue weighted by atomic mass is 9.53. The Balaban J connectivity index is 1.45. The van der Waals surface area contributed by atoms with E-state index in [9.17, 15) is 4.79 Å². The molecule has 0 aromatic heterocycles. The third-order valence-electron chi connectivity index (χ3n) is 7.03. The smallest absolute Gasteiger partial charge is 0.282 e. The van der Waals surface area contributed by atoms with Crippen LogP contribution in [0.25, 0.3) is 0 Å². The van der Waals surface area contributed by atoms with Crippen molar-refractivity contribution in [2.45, 2.75) is 77.8 Å². The van der Waals surface area contributed by atoms with E-state index in [0.29, 0.717) is 5.54 Å². The first kappa shape index (κ1) is 17.1. The van der Waals surface area contributed by atoms with Crippen LogP contribution in [0.2, 0.25) is 0 Å². The van der Waals surface area contributed by atoms with E-state index in [1.165, 1.54) is 44.1 Å². The lowest BCUT2D eigenvalue weighted by Crippen LogP contribution is -3.03. The molecule has 25 heavy (non-hydrogen) atoms. The lowest BCUT2D eigenvalue weighted by molar-refractivity contribution is -0.754. The Labute approximate surface area is 152 Å². The Bertz CT molecular complexity index is 635. The molecule has 4 saturated carbocycles. The van der Waals surface area contributed by atoms with Crippen molar-refractivity contribution < 1.29 is 10.1 Å². The third kappa shape index (κ3) is 3.23. The van der Waals surface area contributed by atoms with Crippen LogP contribution in [0.1, 0.15) is 62.1 Å². The highest BCUT2D eigenvalue weighted by Crippen LogP contribution is 2.54. The van der Waals surface area contributed by atoms with Crippen LogP contribution in [0, 0.1) is 38.5 Å². The summed E-state index contributed by atoms with van der Waals surface area (Å²) in [5, 5.41) is 5.65. The summed E-state index contributed by atoms with van der Waals surface area (Å²) in [4.78, 5) is 12.9. The lowest BCUT2D eigenvalue weighted by Gasteiger charge is -2.55. The molecule has 0 heterocycles. The minimum Gasteiger partial charge on any atom is -0.331 e. The van der Waals surface area contributed by atoms with Gasteiger partial charge in [-0.05, 0) is 75.8 Å². The SMILES string of the molecule is Cc1cc(C)c(NC(=O)[C@H](C)[NH2+]C23CC4CC(CC(C4)C2)C3)c(C)c1. The fourth-order valence-corrected chi connectivity index (χ4v) is 6.60. The predicted octanol–water partition coefficient (Wildman–Crippen LogP) is 3.47. The fraction of sp³-hybridized carbons (Fsp3) is 0.682. The normalized spacial score (nSPS) is 34.2. The number of quaternary nitrogens is 1. The van der Waals surface area contributed by atoms with Crippen LogP contribution in [-0.4, -0.2) is 17.5 Å². The number of nitrogens with one attached hydrogen (secondary N) is 1. The summed E-state index contributed by atoms with van der Waals surface area (Å²) in [6.45, 7) is 8.37. The van der Waals surface area contributed by atoms with Gasteiger partial charge in [0.1, 0.15) is 0 Å². The van der Waals surface area contributed by atoms with Crippen LogP contribution in [-0.2, 0) is 4.79 Å². The van der Waals surface area contributed by atoms with Crippen LogP contribution >= 0.6 is 0 Å². The van der Waals surface area contributed by atoms with Crippen molar-refractivity contribution in [3.63, 3.8) is 0 Å². The van der Waals surface area contributed by atoms with Gasteiger partial charge in [0.15, 0.2) is 6.04 Å². The van der Waals surface area contributed by atoms with Gasteiger partial charge in [0, 0.05) is 24.9 Å². The summed E-state index contributed by atoms with van der Waals surface area (Å²) in [7, 11) is 0. The van der Waals surface area contributed by atoms with E-state index >= 15 is 0 Å². The molecule has 0 saturated heterocycles. The van der Waals surface area contributed by atoms with E-state index in [0.717, 1.165) is 34.6 Å². The molecule has 0 spiro atoms. The Morgan fingerprint density at radius 2 is 1.52 bits per heavy atom. The van der Waals surface area contributed by atoms with E-state index in [-0.39, 0.29) is 11.9 Å². The van der Waals surface area contributed by atoms with Gasteiger partial charge >= 0.3 is 0 Å². The zero-order chi connectivity index (χ0) is 17.8. The molecule has 1 atom stereocenters. The maximum absolute atomic E-state index is 12.9. The van der Waals surface area contributed by atoms with Crippen molar-refractivity contribution in [2.75, 3.05) is 5.32 Å². The number of hydrogen-bond donors (Lipinski definition) is 2. The van der Waals surface area contributed by atoms with Crippen LogP contribution in [0.5, 0.6) is 0 Å². The van der Waals surface area contributed by atoms with E-state index in [1.807, 2.05) is 0 Å². The van der Waals surface area contributed by atoms with Gasteiger partial charge in [-0.3, -0.25) is 4.79 Å². The number of nitrogens with two attached hydrogens (primary N) is 1. The van der Waals surface area contributed by atoms with Crippen molar-refractivity contribution in [1.29, 1.82) is 0 Å². The molecular formula is C22H33N2O+. The average molecular weight is 342 g/mol. The highest BCUT2D eigenvalue weighted by atomic mass is 16.2. The molecular weight excluding hydrogens is 308 g/mol. The number of amides is 1. The Morgan fingerprint density at radius 1 is 1.04 bits per heavy atom. The van der Waals surface area contributed by atoms with E-state index < -0.39 is 0 Å².